The second-order valence-corrected chi connectivity index (χ2v) is 5.79. The Balaban J connectivity index is 1.98. The third-order valence-electron chi connectivity index (χ3n) is 4.16. The third kappa shape index (κ3) is 2.40. The Kier molecular flexibility index (Phi) is 3.53. The summed E-state index contributed by atoms with van der Waals surface area (Å²) in [4.78, 5) is 14.5. The van der Waals surface area contributed by atoms with Gasteiger partial charge in [0.1, 0.15) is 0 Å². The first-order chi connectivity index (χ1) is 7.58. The first-order valence-corrected chi connectivity index (χ1v) is 6.64. The van der Waals surface area contributed by atoms with Gasteiger partial charge in [-0.05, 0) is 44.9 Å². The van der Waals surface area contributed by atoms with E-state index in [0.717, 1.165) is 25.8 Å². The van der Waals surface area contributed by atoms with Gasteiger partial charge in [-0.3, -0.25) is 4.79 Å². The van der Waals surface area contributed by atoms with Crippen LogP contribution in [0.1, 0.15) is 46.0 Å². The van der Waals surface area contributed by atoms with E-state index in [0.29, 0.717) is 17.9 Å². The molecule has 3 heteroatoms. The Labute approximate surface area is 98.4 Å². The summed E-state index contributed by atoms with van der Waals surface area (Å²) in [6.07, 6.45) is 5.35. The Morgan fingerprint density at radius 2 is 2.00 bits per heavy atom. The maximum Gasteiger partial charge on any atom is 0.225 e. The number of carbonyl (C=O) groups is 1. The van der Waals surface area contributed by atoms with Gasteiger partial charge in [0.25, 0.3) is 0 Å². The molecule has 0 aromatic carbocycles. The van der Waals surface area contributed by atoms with Crippen LogP contribution in [0.5, 0.6) is 0 Å². The molecule has 0 aromatic rings. The van der Waals surface area contributed by atoms with Crippen LogP contribution in [0.25, 0.3) is 0 Å². The molecular weight excluding hydrogens is 200 g/mol. The Hall–Kier alpha value is -0.570. The highest BCUT2D eigenvalue weighted by atomic mass is 16.2. The van der Waals surface area contributed by atoms with Gasteiger partial charge in [0.05, 0.1) is 0 Å². The van der Waals surface area contributed by atoms with Crippen molar-refractivity contribution in [3.63, 3.8) is 0 Å². The molecule has 2 aliphatic rings. The largest absolute Gasteiger partial charge is 0.340 e. The quantitative estimate of drug-likeness (QED) is 0.737. The molecule has 2 fully saturated rings. The average Bonchev–Trinajstić information content (AvgIpc) is 2.62. The van der Waals surface area contributed by atoms with E-state index >= 15 is 0 Å². The van der Waals surface area contributed by atoms with Gasteiger partial charge in [-0.1, -0.05) is 6.92 Å². The van der Waals surface area contributed by atoms with Crippen LogP contribution in [0.15, 0.2) is 0 Å². The zero-order valence-corrected chi connectivity index (χ0v) is 10.5. The second-order valence-electron chi connectivity index (χ2n) is 5.79. The van der Waals surface area contributed by atoms with Crippen molar-refractivity contribution in [1.29, 1.82) is 0 Å². The number of amides is 1. The average molecular weight is 224 g/mol. The van der Waals surface area contributed by atoms with Gasteiger partial charge in [-0.2, -0.15) is 0 Å². The maximum atomic E-state index is 12.4. The molecule has 2 rings (SSSR count). The van der Waals surface area contributed by atoms with Crippen LogP contribution in [-0.4, -0.2) is 29.4 Å². The van der Waals surface area contributed by atoms with Gasteiger partial charge in [0.15, 0.2) is 0 Å². The lowest BCUT2D eigenvalue weighted by Crippen LogP contribution is -2.43. The molecule has 1 aliphatic carbocycles. The van der Waals surface area contributed by atoms with Crippen molar-refractivity contribution in [3.05, 3.63) is 0 Å². The summed E-state index contributed by atoms with van der Waals surface area (Å²) >= 11 is 0. The number of hydrogen-bond acceptors (Lipinski definition) is 2. The molecule has 16 heavy (non-hydrogen) atoms. The number of nitrogens with zero attached hydrogens (tertiary/aromatic N) is 1. The Morgan fingerprint density at radius 1 is 1.25 bits per heavy atom. The fraction of sp³-hybridized carbons (Fsp3) is 0.923. The molecule has 1 heterocycles. The van der Waals surface area contributed by atoms with E-state index in [9.17, 15) is 4.79 Å². The van der Waals surface area contributed by atoms with Crippen LogP contribution in [0.4, 0.5) is 0 Å². The van der Waals surface area contributed by atoms with Crippen molar-refractivity contribution < 1.29 is 4.79 Å². The molecule has 1 aliphatic heterocycles. The van der Waals surface area contributed by atoms with Gasteiger partial charge in [-0.15, -0.1) is 0 Å². The first-order valence-electron chi connectivity index (χ1n) is 6.64. The van der Waals surface area contributed by atoms with Crippen LogP contribution < -0.4 is 5.73 Å². The zero-order valence-electron chi connectivity index (χ0n) is 10.5. The standard InChI is InChI=1S/C13H24N2O/c1-9-6-11(8-12(14)7-9)13(16)15-5-3-4-10(15)2/h9-12H,3-8,14H2,1-2H3. The topological polar surface area (TPSA) is 46.3 Å². The first kappa shape index (κ1) is 11.9. The molecular formula is C13H24N2O. The molecule has 3 nitrogen and oxygen atoms in total. The predicted molar refractivity (Wildman–Crippen MR) is 64.9 cm³/mol. The lowest BCUT2D eigenvalue weighted by atomic mass is 9.79. The third-order valence-corrected chi connectivity index (χ3v) is 4.16. The Morgan fingerprint density at radius 3 is 2.56 bits per heavy atom. The number of nitrogens with two attached hydrogens (primary N) is 1. The minimum Gasteiger partial charge on any atom is -0.340 e. The van der Waals surface area contributed by atoms with Crippen LogP contribution in [-0.2, 0) is 4.79 Å². The van der Waals surface area contributed by atoms with E-state index in [1.54, 1.807) is 0 Å². The molecule has 4 unspecified atom stereocenters. The van der Waals surface area contributed by atoms with Gasteiger partial charge in [0.2, 0.25) is 5.91 Å². The molecule has 1 amide bonds. The number of hydrogen-bond donors (Lipinski definition) is 1. The minimum absolute atomic E-state index is 0.194. The summed E-state index contributed by atoms with van der Waals surface area (Å²) in [5.41, 5.74) is 6.02. The van der Waals surface area contributed by atoms with Crippen molar-refractivity contribution in [2.45, 2.75) is 58.0 Å². The van der Waals surface area contributed by atoms with E-state index in [2.05, 4.69) is 18.7 Å². The van der Waals surface area contributed by atoms with Crippen molar-refractivity contribution in [2.75, 3.05) is 6.54 Å². The van der Waals surface area contributed by atoms with Gasteiger partial charge < -0.3 is 10.6 Å². The van der Waals surface area contributed by atoms with Crippen molar-refractivity contribution >= 4 is 5.91 Å². The summed E-state index contributed by atoms with van der Waals surface area (Å²) in [5.74, 6) is 1.17. The SMILES string of the molecule is CC1CC(N)CC(C(=O)N2CCCC2C)C1. The van der Waals surface area contributed by atoms with Crippen LogP contribution in [0.3, 0.4) is 0 Å². The normalized spacial score (nSPS) is 40.1. The molecule has 92 valence electrons. The van der Waals surface area contributed by atoms with Gasteiger partial charge >= 0.3 is 0 Å². The fourth-order valence-corrected chi connectivity index (χ4v) is 3.35. The number of likely N-dealkylation sites (tertiary alicyclic amines) is 1. The summed E-state index contributed by atoms with van der Waals surface area (Å²) in [5, 5.41) is 0. The van der Waals surface area contributed by atoms with E-state index in [1.807, 2.05) is 0 Å². The molecule has 1 saturated heterocycles. The Bertz CT molecular complexity index is 257. The highest BCUT2D eigenvalue weighted by Gasteiger charge is 2.34. The number of rotatable bonds is 1. The predicted octanol–water partition coefficient (Wildman–Crippen LogP) is 1.76. The summed E-state index contributed by atoms with van der Waals surface area (Å²) in [6, 6.07) is 0.677. The molecule has 0 spiro atoms. The van der Waals surface area contributed by atoms with E-state index in [1.165, 1.54) is 12.8 Å². The highest BCUT2D eigenvalue weighted by Crippen LogP contribution is 2.31. The maximum absolute atomic E-state index is 12.4. The fourth-order valence-electron chi connectivity index (χ4n) is 3.35. The molecule has 2 N–H and O–H groups in total. The van der Waals surface area contributed by atoms with E-state index < -0.39 is 0 Å². The lowest BCUT2D eigenvalue weighted by Gasteiger charge is -2.34. The van der Waals surface area contributed by atoms with E-state index in [4.69, 9.17) is 5.73 Å². The van der Waals surface area contributed by atoms with Gasteiger partial charge in [0, 0.05) is 24.5 Å². The zero-order chi connectivity index (χ0) is 11.7. The summed E-state index contributed by atoms with van der Waals surface area (Å²) < 4.78 is 0. The lowest BCUT2D eigenvalue weighted by molar-refractivity contribution is -0.137. The van der Waals surface area contributed by atoms with Crippen LogP contribution >= 0.6 is 0 Å². The van der Waals surface area contributed by atoms with Crippen molar-refractivity contribution in [2.24, 2.45) is 17.6 Å². The molecule has 0 radical (unpaired) electrons. The number of carbonyl (C=O) groups excluding carboxylic acids is 1. The van der Waals surface area contributed by atoms with Crippen LogP contribution in [0.2, 0.25) is 0 Å². The van der Waals surface area contributed by atoms with Gasteiger partial charge in [-0.25, -0.2) is 0 Å². The second kappa shape index (κ2) is 4.74. The highest BCUT2D eigenvalue weighted by molar-refractivity contribution is 5.79. The van der Waals surface area contributed by atoms with Crippen LogP contribution in [0, 0.1) is 11.8 Å². The van der Waals surface area contributed by atoms with Crippen molar-refractivity contribution in [1.82, 2.24) is 4.90 Å². The van der Waals surface area contributed by atoms with E-state index in [-0.39, 0.29) is 12.0 Å². The molecule has 0 bridgehead atoms. The smallest absolute Gasteiger partial charge is 0.225 e. The molecule has 0 aromatic heterocycles. The summed E-state index contributed by atoms with van der Waals surface area (Å²) in [6.45, 7) is 5.34. The minimum atomic E-state index is 0.194. The molecule has 4 atom stereocenters. The summed E-state index contributed by atoms with van der Waals surface area (Å²) in [7, 11) is 0. The van der Waals surface area contributed by atoms with Crippen molar-refractivity contribution in [3.8, 4) is 0 Å². The monoisotopic (exact) mass is 224 g/mol. The molecule has 1 saturated carbocycles.